The number of rotatable bonds is 10. The van der Waals surface area contributed by atoms with Crippen LogP contribution >= 0.6 is 0 Å². The van der Waals surface area contributed by atoms with Crippen LogP contribution in [-0.2, 0) is 14.3 Å². The summed E-state index contributed by atoms with van der Waals surface area (Å²) in [6, 6.07) is 3.46. The molecule has 0 radical (unpaired) electrons. The highest BCUT2D eigenvalue weighted by atomic mass is 16.5. The zero-order chi connectivity index (χ0) is 25.2. The lowest BCUT2D eigenvalue weighted by Crippen LogP contribution is -2.50. The van der Waals surface area contributed by atoms with Crippen molar-refractivity contribution in [2.75, 3.05) is 34.5 Å². The van der Waals surface area contributed by atoms with Gasteiger partial charge in [-0.1, -0.05) is 38.5 Å². The first-order valence-electron chi connectivity index (χ1n) is 12.5. The van der Waals surface area contributed by atoms with Crippen LogP contribution in [0.15, 0.2) is 12.1 Å². The molecule has 0 bridgehead atoms. The first-order chi connectivity index (χ1) is 17.0. The van der Waals surface area contributed by atoms with Crippen molar-refractivity contribution in [3.8, 4) is 17.2 Å². The highest BCUT2D eigenvalue weighted by molar-refractivity contribution is 5.97. The first-order valence-corrected chi connectivity index (χ1v) is 12.5. The zero-order valence-corrected chi connectivity index (χ0v) is 21.1. The van der Waals surface area contributed by atoms with Gasteiger partial charge in [-0.15, -0.1) is 0 Å². The van der Waals surface area contributed by atoms with Crippen LogP contribution in [0.25, 0.3) is 0 Å². The molecule has 9 nitrogen and oxygen atoms in total. The molecule has 2 aliphatic rings. The summed E-state index contributed by atoms with van der Waals surface area (Å²) in [5.41, 5.74) is 0.240. The fourth-order valence-corrected chi connectivity index (χ4v) is 5.16. The Labute approximate surface area is 207 Å². The first kappa shape index (κ1) is 26.6. The van der Waals surface area contributed by atoms with Crippen molar-refractivity contribution in [1.82, 2.24) is 10.2 Å². The van der Waals surface area contributed by atoms with E-state index in [0.717, 1.165) is 51.4 Å². The third-order valence-electron chi connectivity index (χ3n) is 6.90. The minimum absolute atomic E-state index is 0.131. The average Bonchev–Trinajstić information content (AvgIpc) is 2.90. The molecule has 0 spiro atoms. The van der Waals surface area contributed by atoms with E-state index in [0.29, 0.717) is 17.2 Å². The molecule has 1 N–H and O–H groups in total. The molecule has 0 aromatic heterocycles. The summed E-state index contributed by atoms with van der Waals surface area (Å²) in [7, 11) is 4.38. The van der Waals surface area contributed by atoms with Crippen LogP contribution in [0.4, 0.5) is 0 Å². The molecular formula is C26H38N2O7. The number of methoxy groups -OCH3 is 3. The molecule has 2 saturated carbocycles. The fourth-order valence-electron chi connectivity index (χ4n) is 5.16. The minimum Gasteiger partial charge on any atom is -0.493 e. The molecule has 2 fully saturated rings. The van der Waals surface area contributed by atoms with Crippen molar-refractivity contribution in [3.63, 3.8) is 0 Å². The number of amides is 2. The Hall–Kier alpha value is -2.97. The van der Waals surface area contributed by atoms with Crippen molar-refractivity contribution in [2.45, 2.75) is 76.3 Å². The highest BCUT2D eigenvalue weighted by Crippen LogP contribution is 2.38. The van der Waals surface area contributed by atoms with Crippen LogP contribution in [0, 0.1) is 0 Å². The number of hydrogen-bond acceptors (Lipinski definition) is 7. The van der Waals surface area contributed by atoms with Crippen LogP contribution in [0.5, 0.6) is 17.2 Å². The quantitative estimate of drug-likeness (QED) is 0.501. The smallest absolute Gasteiger partial charge is 0.325 e. The van der Waals surface area contributed by atoms with Gasteiger partial charge < -0.3 is 29.2 Å². The maximum Gasteiger partial charge on any atom is 0.325 e. The van der Waals surface area contributed by atoms with Crippen molar-refractivity contribution in [1.29, 1.82) is 0 Å². The van der Waals surface area contributed by atoms with Gasteiger partial charge in [0.2, 0.25) is 5.75 Å². The maximum absolute atomic E-state index is 13.1. The summed E-state index contributed by atoms with van der Waals surface area (Å²) in [5.74, 6) is -0.269. The van der Waals surface area contributed by atoms with E-state index >= 15 is 0 Å². The molecular weight excluding hydrogens is 452 g/mol. The van der Waals surface area contributed by atoms with Crippen LogP contribution < -0.4 is 19.5 Å². The van der Waals surface area contributed by atoms with E-state index < -0.39 is 11.9 Å². The number of ether oxygens (including phenoxy) is 4. The summed E-state index contributed by atoms with van der Waals surface area (Å²) in [4.78, 5) is 40.1. The lowest BCUT2D eigenvalue weighted by molar-refractivity contribution is -0.154. The van der Waals surface area contributed by atoms with Crippen LogP contribution in [0.1, 0.15) is 74.6 Å². The Balaban J connectivity index is 1.55. The number of carbonyl (C=O) groups excluding carboxylic acids is 3. The Kier molecular flexibility index (Phi) is 10.0. The molecule has 0 saturated heterocycles. The summed E-state index contributed by atoms with van der Waals surface area (Å²) in [6.07, 6.45) is 11.0. The predicted molar refractivity (Wildman–Crippen MR) is 130 cm³/mol. The van der Waals surface area contributed by atoms with Crippen LogP contribution in [-0.4, -0.2) is 69.2 Å². The van der Waals surface area contributed by atoms with E-state index in [1.807, 2.05) is 4.90 Å². The average molecular weight is 491 g/mol. The van der Waals surface area contributed by atoms with Crippen molar-refractivity contribution in [2.24, 2.45) is 0 Å². The Morgan fingerprint density at radius 3 is 1.80 bits per heavy atom. The Bertz CT molecular complexity index is 833. The van der Waals surface area contributed by atoms with Gasteiger partial charge in [-0.2, -0.15) is 0 Å². The maximum atomic E-state index is 13.1. The molecule has 9 heteroatoms. The molecule has 1 aromatic carbocycles. The molecule has 0 atom stereocenters. The summed E-state index contributed by atoms with van der Waals surface area (Å²) >= 11 is 0. The third-order valence-corrected chi connectivity index (χ3v) is 6.90. The normalized spacial score (nSPS) is 16.8. The van der Waals surface area contributed by atoms with E-state index in [1.54, 1.807) is 0 Å². The zero-order valence-electron chi connectivity index (χ0n) is 21.1. The number of nitrogens with zero attached hydrogens (tertiary/aromatic N) is 1. The monoisotopic (exact) mass is 490 g/mol. The Morgan fingerprint density at radius 2 is 1.34 bits per heavy atom. The van der Waals surface area contributed by atoms with Gasteiger partial charge in [0, 0.05) is 17.6 Å². The number of benzene rings is 1. The van der Waals surface area contributed by atoms with E-state index in [-0.39, 0.29) is 36.7 Å². The van der Waals surface area contributed by atoms with Gasteiger partial charge in [0.05, 0.1) is 21.3 Å². The lowest BCUT2D eigenvalue weighted by atomic mass is 9.88. The predicted octanol–water partition coefficient (Wildman–Crippen LogP) is 3.48. The lowest BCUT2D eigenvalue weighted by Gasteiger charge is -2.41. The van der Waals surface area contributed by atoms with E-state index in [2.05, 4.69) is 5.32 Å². The van der Waals surface area contributed by atoms with Gasteiger partial charge in [-0.25, -0.2) is 0 Å². The molecule has 0 aliphatic heterocycles. The molecule has 2 aliphatic carbocycles. The van der Waals surface area contributed by atoms with Gasteiger partial charge in [-0.05, 0) is 37.8 Å². The number of esters is 1. The highest BCUT2D eigenvalue weighted by Gasteiger charge is 2.32. The molecule has 0 unspecified atom stereocenters. The second kappa shape index (κ2) is 13.2. The fraction of sp³-hybridized carbons (Fsp3) is 0.654. The standard InChI is InChI=1S/C26H38N2O7/c1-32-21-14-18(15-22(33-2)25(21)34-3)26(31)27-16-24(30)35-17-23(29)28(19-10-6-4-7-11-19)20-12-8-5-9-13-20/h14-15,19-20H,4-13,16-17H2,1-3H3,(H,27,31). The van der Waals surface area contributed by atoms with E-state index in [4.69, 9.17) is 18.9 Å². The molecule has 0 heterocycles. The number of carbonyl (C=O) groups is 3. The molecule has 2 amide bonds. The van der Waals surface area contributed by atoms with Gasteiger partial charge >= 0.3 is 5.97 Å². The van der Waals surface area contributed by atoms with Gasteiger partial charge in [0.25, 0.3) is 11.8 Å². The van der Waals surface area contributed by atoms with Crippen molar-refractivity contribution in [3.05, 3.63) is 17.7 Å². The van der Waals surface area contributed by atoms with E-state index in [9.17, 15) is 14.4 Å². The second-order valence-corrected chi connectivity index (χ2v) is 9.14. The Morgan fingerprint density at radius 1 is 0.829 bits per heavy atom. The van der Waals surface area contributed by atoms with Gasteiger partial charge in [0.15, 0.2) is 18.1 Å². The largest absolute Gasteiger partial charge is 0.493 e. The topological polar surface area (TPSA) is 103 Å². The van der Waals surface area contributed by atoms with Crippen molar-refractivity contribution < 1.29 is 33.3 Å². The molecule has 35 heavy (non-hydrogen) atoms. The molecule has 3 rings (SSSR count). The summed E-state index contributed by atoms with van der Waals surface area (Å²) < 4.78 is 21.1. The van der Waals surface area contributed by atoms with Crippen molar-refractivity contribution >= 4 is 17.8 Å². The number of hydrogen-bond donors (Lipinski definition) is 1. The second-order valence-electron chi connectivity index (χ2n) is 9.14. The van der Waals surface area contributed by atoms with Gasteiger partial charge in [0.1, 0.15) is 6.54 Å². The third kappa shape index (κ3) is 7.02. The van der Waals surface area contributed by atoms with Crippen LogP contribution in [0.2, 0.25) is 0 Å². The van der Waals surface area contributed by atoms with Crippen LogP contribution in [0.3, 0.4) is 0 Å². The van der Waals surface area contributed by atoms with Gasteiger partial charge in [-0.3, -0.25) is 14.4 Å². The summed E-state index contributed by atoms with van der Waals surface area (Å²) in [6.45, 7) is -0.651. The summed E-state index contributed by atoms with van der Waals surface area (Å²) in [5, 5.41) is 2.53. The van der Waals surface area contributed by atoms with E-state index in [1.165, 1.54) is 46.3 Å². The molecule has 1 aromatic rings. The molecule has 194 valence electrons. The minimum atomic E-state index is -0.661. The number of nitrogens with one attached hydrogen (secondary N) is 1. The SMILES string of the molecule is COc1cc(C(=O)NCC(=O)OCC(=O)N(C2CCCCC2)C2CCCCC2)cc(OC)c1OC.